The molecule has 0 aliphatic heterocycles. The summed E-state index contributed by atoms with van der Waals surface area (Å²) in [6, 6.07) is 19.1. The predicted octanol–water partition coefficient (Wildman–Crippen LogP) is 6.49. The molecule has 226 valence electrons. The standard InChI is InChI=1S/C33H39N5O4S/c1-32(2,3)24-16-21(17-25(29(24)40)33(4,5)6)19-34-35-28(39)20-43-31-37-36-30(38(31)23-12-10-9-11-13-23)22-14-15-26(41-7)27(18-22)42-8/h9-19,40H,20H2,1-8H3,(H,35,39)/b34-19+. The van der Waals surface area contributed by atoms with E-state index in [1.54, 1.807) is 20.4 Å². The highest BCUT2D eigenvalue weighted by Crippen LogP contribution is 2.39. The van der Waals surface area contributed by atoms with Crippen molar-refractivity contribution in [2.75, 3.05) is 20.0 Å². The molecule has 0 aliphatic carbocycles. The molecule has 4 rings (SSSR count). The number of carbonyl (C=O) groups excluding carboxylic acids is 1. The van der Waals surface area contributed by atoms with Crippen LogP contribution in [0.3, 0.4) is 0 Å². The van der Waals surface area contributed by atoms with E-state index in [0.717, 1.165) is 27.9 Å². The molecule has 0 bridgehead atoms. The van der Waals surface area contributed by atoms with Crippen molar-refractivity contribution in [3.8, 4) is 34.3 Å². The number of aromatic hydroxyl groups is 1. The summed E-state index contributed by atoms with van der Waals surface area (Å²) in [5.74, 6) is 1.87. The Hall–Kier alpha value is -4.31. The van der Waals surface area contributed by atoms with Crippen molar-refractivity contribution in [3.05, 3.63) is 77.4 Å². The van der Waals surface area contributed by atoms with Crippen LogP contribution >= 0.6 is 11.8 Å². The number of thioether (sulfide) groups is 1. The highest BCUT2D eigenvalue weighted by atomic mass is 32.2. The molecule has 4 aromatic rings. The normalized spacial score (nSPS) is 12.0. The Bertz CT molecular complexity index is 1580. The van der Waals surface area contributed by atoms with Crippen molar-refractivity contribution in [2.45, 2.75) is 57.5 Å². The zero-order chi connectivity index (χ0) is 31.4. The summed E-state index contributed by atoms with van der Waals surface area (Å²) in [6.45, 7) is 12.3. The van der Waals surface area contributed by atoms with Gasteiger partial charge in [0.15, 0.2) is 22.5 Å². The first-order chi connectivity index (χ1) is 20.3. The molecule has 0 saturated carbocycles. The van der Waals surface area contributed by atoms with Crippen LogP contribution in [0, 0.1) is 0 Å². The van der Waals surface area contributed by atoms with Gasteiger partial charge in [-0.05, 0) is 58.9 Å². The molecule has 9 nitrogen and oxygen atoms in total. The number of carbonyl (C=O) groups is 1. The minimum atomic E-state index is -0.289. The molecule has 1 heterocycles. The Balaban J connectivity index is 1.54. The van der Waals surface area contributed by atoms with Crippen LogP contribution in [0.5, 0.6) is 17.2 Å². The SMILES string of the molecule is COc1ccc(-c2nnc(SCC(=O)N/N=C/c3cc(C(C)(C)C)c(O)c(C(C)(C)C)c3)n2-c2ccccc2)cc1OC. The number of aromatic nitrogens is 3. The number of para-hydroxylation sites is 1. The maximum Gasteiger partial charge on any atom is 0.250 e. The molecule has 0 spiro atoms. The number of hydrazone groups is 1. The van der Waals surface area contributed by atoms with E-state index in [1.165, 1.54) is 11.8 Å². The van der Waals surface area contributed by atoms with E-state index in [4.69, 9.17) is 9.47 Å². The van der Waals surface area contributed by atoms with Crippen LogP contribution in [-0.4, -0.2) is 52.0 Å². The Morgan fingerprint density at radius 2 is 1.56 bits per heavy atom. The van der Waals surface area contributed by atoms with Crippen LogP contribution in [0.2, 0.25) is 0 Å². The summed E-state index contributed by atoms with van der Waals surface area (Å²) in [7, 11) is 3.17. The number of benzene rings is 3. The van der Waals surface area contributed by atoms with Crippen LogP contribution in [0.4, 0.5) is 0 Å². The third-order valence-corrected chi connectivity index (χ3v) is 7.70. The summed E-state index contributed by atoms with van der Waals surface area (Å²) in [5.41, 5.74) is 6.18. The quantitative estimate of drug-likeness (QED) is 0.128. The number of hydrogen-bond donors (Lipinski definition) is 2. The zero-order valence-corrected chi connectivity index (χ0v) is 26.7. The maximum atomic E-state index is 12.8. The van der Waals surface area contributed by atoms with E-state index >= 15 is 0 Å². The van der Waals surface area contributed by atoms with Gasteiger partial charge < -0.3 is 14.6 Å². The summed E-state index contributed by atoms with van der Waals surface area (Å²) < 4.78 is 12.8. The number of methoxy groups -OCH3 is 2. The Morgan fingerprint density at radius 3 is 2.14 bits per heavy atom. The molecule has 2 N–H and O–H groups in total. The van der Waals surface area contributed by atoms with Gasteiger partial charge in [0.25, 0.3) is 5.91 Å². The van der Waals surface area contributed by atoms with Crippen molar-refractivity contribution in [1.82, 2.24) is 20.2 Å². The highest BCUT2D eigenvalue weighted by Gasteiger charge is 2.26. The number of hydrogen-bond acceptors (Lipinski definition) is 8. The number of nitrogens with zero attached hydrogens (tertiary/aromatic N) is 4. The molecule has 0 saturated heterocycles. The average Bonchev–Trinajstić information content (AvgIpc) is 3.39. The fourth-order valence-electron chi connectivity index (χ4n) is 4.55. The number of phenolic OH excluding ortho intramolecular Hbond substituents is 1. The molecule has 43 heavy (non-hydrogen) atoms. The number of phenols is 1. The molecule has 0 unspecified atom stereocenters. The van der Waals surface area contributed by atoms with Crippen LogP contribution in [0.15, 0.2) is 70.9 Å². The Labute approximate surface area is 257 Å². The van der Waals surface area contributed by atoms with E-state index in [2.05, 4.69) is 62.3 Å². The van der Waals surface area contributed by atoms with E-state index in [1.807, 2.05) is 65.2 Å². The molecule has 0 fully saturated rings. The lowest BCUT2D eigenvalue weighted by atomic mass is 9.78. The summed E-state index contributed by atoms with van der Waals surface area (Å²) in [6.07, 6.45) is 1.61. The van der Waals surface area contributed by atoms with Crippen LogP contribution in [0.25, 0.3) is 17.1 Å². The topological polar surface area (TPSA) is 111 Å². The second kappa shape index (κ2) is 12.9. The summed E-state index contributed by atoms with van der Waals surface area (Å²) >= 11 is 1.26. The van der Waals surface area contributed by atoms with Crippen molar-refractivity contribution in [2.24, 2.45) is 5.10 Å². The first kappa shape index (κ1) is 31.6. The first-order valence-electron chi connectivity index (χ1n) is 13.9. The first-order valence-corrected chi connectivity index (χ1v) is 14.9. The number of amides is 1. The van der Waals surface area contributed by atoms with Gasteiger partial charge in [0.2, 0.25) is 0 Å². The van der Waals surface area contributed by atoms with Crippen molar-refractivity contribution in [3.63, 3.8) is 0 Å². The Morgan fingerprint density at radius 1 is 0.930 bits per heavy atom. The van der Waals surface area contributed by atoms with E-state index in [9.17, 15) is 9.90 Å². The van der Waals surface area contributed by atoms with Gasteiger partial charge in [0.1, 0.15) is 5.75 Å². The van der Waals surface area contributed by atoms with Gasteiger partial charge in [-0.25, -0.2) is 5.43 Å². The van der Waals surface area contributed by atoms with Gasteiger partial charge in [0, 0.05) is 22.4 Å². The third-order valence-electron chi connectivity index (χ3n) is 6.77. The highest BCUT2D eigenvalue weighted by molar-refractivity contribution is 7.99. The monoisotopic (exact) mass is 601 g/mol. The molecular weight excluding hydrogens is 562 g/mol. The van der Waals surface area contributed by atoms with Gasteiger partial charge >= 0.3 is 0 Å². The van der Waals surface area contributed by atoms with E-state index < -0.39 is 0 Å². The predicted molar refractivity (Wildman–Crippen MR) is 172 cm³/mol. The van der Waals surface area contributed by atoms with Crippen LogP contribution in [-0.2, 0) is 15.6 Å². The smallest absolute Gasteiger partial charge is 0.250 e. The van der Waals surface area contributed by atoms with Crippen molar-refractivity contribution < 1.29 is 19.4 Å². The van der Waals surface area contributed by atoms with E-state index in [-0.39, 0.29) is 22.5 Å². The third kappa shape index (κ3) is 7.37. The van der Waals surface area contributed by atoms with Crippen molar-refractivity contribution >= 4 is 23.9 Å². The number of ether oxygens (including phenoxy) is 2. The van der Waals surface area contributed by atoms with E-state index in [0.29, 0.717) is 28.2 Å². The maximum absolute atomic E-state index is 12.8. The lowest BCUT2D eigenvalue weighted by Crippen LogP contribution is -2.20. The second-order valence-corrected chi connectivity index (χ2v) is 13.0. The molecule has 0 radical (unpaired) electrons. The number of nitrogens with one attached hydrogen (secondary N) is 1. The fourth-order valence-corrected chi connectivity index (χ4v) is 5.30. The van der Waals surface area contributed by atoms with Crippen molar-refractivity contribution in [1.29, 1.82) is 0 Å². The number of rotatable bonds is 9. The van der Waals surface area contributed by atoms with Gasteiger partial charge in [-0.1, -0.05) is 71.5 Å². The van der Waals surface area contributed by atoms with Gasteiger partial charge in [-0.2, -0.15) is 5.10 Å². The second-order valence-electron chi connectivity index (χ2n) is 12.1. The largest absolute Gasteiger partial charge is 0.507 e. The molecule has 1 amide bonds. The fraction of sp³-hybridized carbons (Fsp3) is 0.333. The van der Waals surface area contributed by atoms with Crippen LogP contribution < -0.4 is 14.9 Å². The lowest BCUT2D eigenvalue weighted by Gasteiger charge is -2.27. The van der Waals surface area contributed by atoms with Gasteiger partial charge in [-0.15, -0.1) is 10.2 Å². The molecule has 1 aromatic heterocycles. The molecule has 0 aliphatic rings. The Kier molecular flexibility index (Phi) is 9.49. The summed E-state index contributed by atoms with van der Waals surface area (Å²) in [4.78, 5) is 12.8. The minimum Gasteiger partial charge on any atom is -0.507 e. The molecule has 0 atom stereocenters. The van der Waals surface area contributed by atoms with Crippen LogP contribution in [0.1, 0.15) is 58.2 Å². The average molecular weight is 602 g/mol. The van der Waals surface area contributed by atoms with Gasteiger partial charge in [0.05, 0.1) is 26.2 Å². The summed E-state index contributed by atoms with van der Waals surface area (Å²) in [5, 5.41) is 24.6. The molecule has 10 heteroatoms. The van der Waals surface area contributed by atoms with Gasteiger partial charge in [-0.3, -0.25) is 9.36 Å². The molecule has 3 aromatic carbocycles. The lowest BCUT2D eigenvalue weighted by molar-refractivity contribution is -0.118. The molecular formula is C33H39N5O4S. The zero-order valence-electron chi connectivity index (χ0n) is 25.9. The minimum absolute atomic E-state index is 0.0737.